The Morgan fingerprint density at radius 3 is 2.57 bits per heavy atom. The molecule has 3 rings (SSSR count). The summed E-state index contributed by atoms with van der Waals surface area (Å²) in [6, 6.07) is 15.8. The van der Waals surface area contributed by atoms with Gasteiger partial charge in [-0.15, -0.1) is 0 Å². The number of methoxy groups -OCH3 is 1. The van der Waals surface area contributed by atoms with Crippen molar-refractivity contribution in [1.82, 2.24) is 9.80 Å². The Morgan fingerprint density at radius 1 is 1.14 bits per heavy atom. The van der Waals surface area contributed by atoms with Crippen LogP contribution in [0.2, 0.25) is 0 Å². The number of nitrogens with zero attached hydrogens (tertiary/aromatic N) is 2. The summed E-state index contributed by atoms with van der Waals surface area (Å²) in [5.74, 6) is 0.486. The highest BCUT2D eigenvalue weighted by Gasteiger charge is 2.28. The number of nitrogens with one attached hydrogen (secondary N) is 1. The molecule has 1 aliphatic heterocycles. The van der Waals surface area contributed by atoms with Crippen molar-refractivity contribution in [3.05, 3.63) is 59.7 Å². The molecule has 1 heterocycles. The first-order valence-corrected chi connectivity index (χ1v) is 12.4. The van der Waals surface area contributed by atoms with Crippen LogP contribution in [0.5, 0.6) is 5.75 Å². The van der Waals surface area contributed by atoms with Gasteiger partial charge in [-0.1, -0.05) is 44.2 Å². The SMILES string of the molecule is CCCC(=O)Nc1ccc2c(c1)C(=O)N(C)C[C@H](OC)[C@@H](C)CN(Cc1ccccc1)[C@@H](C)CO2. The summed E-state index contributed by atoms with van der Waals surface area (Å²) in [6.07, 6.45) is 1.07. The molecule has 190 valence electrons. The topological polar surface area (TPSA) is 71.1 Å². The summed E-state index contributed by atoms with van der Waals surface area (Å²) in [5.41, 5.74) is 2.27. The largest absolute Gasteiger partial charge is 0.491 e. The van der Waals surface area contributed by atoms with Gasteiger partial charge in [0.05, 0.1) is 11.7 Å². The van der Waals surface area contributed by atoms with Crippen molar-refractivity contribution in [1.29, 1.82) is 0 Å². The van der Waals surface area contributed by atoms with Crippen LogP contribution in [0, 0.1) is 5.92 Å². The normalized spacial score (nSPS) is 21.9. The van der Waals surface area contributed by atoms with Gasteiger partial charge in [0.15, 0.2) is 0 Å². The Labute approximate surface area is 209 Å². The lowest BCUT2D eigenvalue weighted by molar-refractivity contribution is -0.116. The van der Waals surface area contributed by atoms with E-state index in [4.69, 9.17) is 9.47 Å². The van der Waals surface area contributed by atoms with Crippen molar-refractivity contribution in [3.8, 4) is 5.75 Å². The number of carbonyl (C=O) groups excluding carboxylic acids is 2. The predicted octanol–water partition coefficient (Wildman–Crippen LogP) is 4.43. The predicted molar refractivity (Wildman–Crippen MR) is 139 cm³/mol. The zero-order chi connectivity index (χ0) is 25.4. The van der Waals surface area contributed by atoms with Crippen LogP contribution >= 0.6 is 0 Å². The van der Waals surface area contributed by atoms with Crippen LogP contribution in [0.25, 0.3) is 0 Å². The average molecular weight is 482 g/mol. The highest BCUT2D eigenvalue weighted by molar-refractivity contribution is 5.99. The van der Waals surface area contributed by atoms with E-state index < -0.39 is 0 Å². The molecule has 0 aromatic heterocycles. The van der Waals surface area contributed by atoms with Crippen molar-refractivity contribution in [2.75, 3.05) is 39.2 Å². The fourth-order valence-corrected chi connectivity index (χ4v) is 4.42. The van der Waals surface area contributed by atoms with Crippen LogP contribution in [0.3, 0.4) is 0 Å². The van der Waals surface area contributed by atoms with Crippen LogP contribution in [0.15, 0.2) is 48.5 Å². The van der Waals surface area contributed by atoms with Crippen LogP contribution < -0.4 is 10.1 Å². The molecule has 0 bridgehead atoms. The number of hydrogen-bond acceptors (Lipinski definition) is 5. The first-order valence-electron chi connectivity index (χ1n) is 12.4. The van der Waals surface area contributed by atoms with Gasteiger partial charge in [-0.25, -0.2) is 0 Å². The van der Waals surface area contributed by atoms with Gasteiger partial charge < -0.3 is 19.7 Å². The molecule has 0 aliphatic carbocycles. The minimum absolute atomic E-state index is 0.0687. The van der Waals surface area contributed by atoms with Gasteiger partial charge in [0, 0.05) is 51.9 Å². The Morgan fingerprint density at radius 2 is 1.89 bits per heavy atom. The second kappa shape index (κ2) is 12.7. The number of likely N-dealkylation sites (N-methyl/N-ethyl adjacent to an activating group) is 1. The molecule has 0 radical (unpaired) electrons. The Bertz CT molecular complexity index is 981. The number of carbonyl (C=O) groups is 2. The van der Waals surface area contributed by atoms with Crippen molar-refractivity contribution < 1.29 is 19.1 Å². The van der Waals surface area contributed by atoms with Crippen LogP contribution in [-0.2, 0) is 16.1 Å². The maximum Gasteiger partial charge on any atom is 0.257 e. The zero-order valence-corrected chi connectivity index (χ0v) is 21.6. The molecule has 7 heteroatoms. The number of fused-ring (bicyclic) bond motifs is 1. The third-order valence-corrected chi connectivity index (χ3v) is 6.56. The van der Waals surface area contributed by atoms with Crippen LogP contribution in [-0.4, -0.2) is 67.6 Å². The van der Waals surface area contributed by atoms with Gasteiger partial charge in [0.25, 0.3) is 5.91 Å². The number of anilines is 1. The monoisotopic (exact) mass is 481 g/mol. The molecule has 3 atom stereocenters. The highest BCUT2D eigenvalue weighted by atomic mass is 16.5. The van der Waals surface area contributed by atoms with Crippen molar-refractivity contribution in [3.63, 3.8) is 0 Å². The molecule has 1 N–H and O–H groups in total. The number of benzene rings is 2. The van der Waals surface area contributed by atoms with E-state index in [0.717, 1.165) is 19.5 Å². The summed E-state index contributed by atoms with van der Waals surface area (Å²) in [7, 11) is 3.48. The molecule has 0 saturated heterocycles. The van der Waals surface area contributed by atoms with Crippen molar-refractivity contribution in [2.45, 2.75) is 52.3 Å². The molecule has 35 heavy (non-hydrogen) atoms. The van der Waals surface area contributed by atoms with E-state index in [-0.39, 0.29) is 29.9 Å². The average Bonchev–Trinajstić information content (AvgIpc) is 2.85. The molecule has 2 aromatic rings. The molecule has 2 aromatic carbocycles. The maximum atomic E-state index is 13.4. The van der Waals surface area contributed by atoms with Gasteiger partial charge in [-0.2, -0.15) is 0 Å². The molecule has 1 aliphatic rings. The summed E-state index contributed by atoms with van der Waals surface area (Å²) in [5, 5.41) is 2.89. The molecule has 0 fully saturated rings. The quantitative estimate of drug-likeness (QED) is 0.661. The summed E-state index contributed by atoms with van der Waals surface area (Å²) in [4.78, 5) is 29.6. The summed E-state index contributed by atoms with van der Waals surface area (Å²) in [6.45, 7) is 8.78. The molecule has 2 amide bonds. The van der Waals surface area contributed by atoms with E-state index in [0.29, 0.717) is 36.6 Å². The van der Waals surface area contributed by atoms with E-state index >= 15 is 0 Å². The fraction of sp³-hybridized carbons (Fsp3) is 0.500. The van der Waals surface area contributed by atoms with E-state index in [1.807, 2.05) is 13.0 Å². The van der Waals surface area contributed by atoms with Gasteiger partial charge in [-0.05, 0) is 43.0 Å². The molecule has 7 nitrogen and oxygen atoms in total. The standard InChI is InChI=1S/C28H39N3O4/c1-6-10-27(32)29-23-13-14-25-24(15-23)28(33)30(4)18-26(34-5)20(2)16-31(21(3)19-35-25)17-22-11-8-7-9-12-22/h7-9,11-15,20-21,26H,6,10,16-19H2,1-5H3,(H,29,32)/t20-,21-,26-/m0/s1. The highest BCUT2D eigenvalue weighted by Crippen LogP contribution is 2.27. The smallest absolute Gasteiger partial charge is 0.257 e. The Kier molecular flexibility index (Phi) is 9.69. The third kappa shape index (κ3) is 7.29. The first-order chi connectivity index (χ1) is 16.8. The molecular formula is C28H39N3O4. The van der Waals surface area contributed by atoms with Crippen molar-refractivity contribution >= 4 is 17.5 Å². The zero-order valence-electron chi connectivity index (χ0n) is 21.6. The van der Waals surface area contributed by atoms with E-state index in [2.05, 4.69) is 48.3 Å². The number of amides is 2. The Balaban J connectivity index is 1.92. The third-order valence-electron chi connectivity index (χ3n) is 6.56. The van der Waals surface area contributed by atoms with Gasteiger partial charge in [-0.3, -0.25) is 14.5 Å². The molecule has 0 saturated carbocycles. The minimum atomic E-state index is -0.157. The maximum absolute atomic E-state index is 13.4. The molecule has 0 unspecified atom stereocenters. The second-order valence-electron chi connectivity index (χ2n) is 9.52. The van der Waals surface area contributed by atoms with E-state index in [1.165, 1.54) is 5.56 Å². The number of hydrogen-bond donors (Lipinski definition) is 1. The number of ether oxygens (including phenoxy) is 2. The Hall–Kier alpha value is -2.90. The molecular weight excluding hydrogens is 442 g/mol. The summed E-state index contributed by atoms with van der Waals surface area (Å²) < 4.78 is 12.1. The van der Waals surface area contributed by atoms with Crippen LogP contribution in [0.1, 0.15) is 49.5 Å². The lowest BCUT2D eigenvalue weighted by Crippen LogP contribution is -2.46. The summed E-state index contributed by atoms with van der Waals surface area (Å²) >= 11 is 0. The van der Waals surface area contributed by atoms with Gasteiger partial charge in [0.2, 0.25) is 5.91 Å². The second-order valence-corrected chi connectivity index (χ2v) is 9.52. The number of rotatable bonds is 6. The lowest BCUT2D eigenvalue weighted by atomic mass is 10.0. The van der Waals surface area contributed by atoms with Crippen LogP contribution in [0.4, 0.5) is 5.69 Å². The minimum Gasteiger partial charge on any atom is -0.491 e. The molecule has 0 spiro atoms. The van der Waals surface area contributed by atoms with Gasteiger partial charge in [0.1, 0.15) is 12.4 Å². The lowest BCUT2D eigenvalue weighted by Gasteiger charge is -2.36. The first kappa shape index (κ1) is 26.7. The van der Waals surface area contributed by atoms with Gasteiger partial charge >= 0.3 is 0 Å². The van der Waals surface area contributed by atoms with Crippen molar-refractivity contribution in [2.24, 2.45) is 5.92 Å². The van der Waals surface area contributed by atoms with E-state index in [9.17, 15) is 9.59 Å². The van der Waals surface area contributed by atoms with E-state index in [1.54, 1.807) is 37.3 Å². The fourth-order valence-electron chi connectivity index (χ4n) is 4.42.